The molecule has 3 N–H and O–H groups in total. The third-order valence-electron chi connectivity index (χ3n) is 5.59. The number of sulfonamides is 1. The second-order valence-corrected chi connectivity index (χ2v) is 10.1. The Balaban J connectivity index is 1.42. The normalized spacial score (nSPS) is 14.7. The maximum absolute atomic E-state index is 13.2. The highest BCUT2D eigenvalue weighted by Crippen LogP contribution is 2.25. The van der Waals surface area contributed by atoms with Gasteiger partial charge in [0, 0.05) is 42.3 Å². The molecule has 34 heavy (non-hydrogen) atoms. The first-order chi connectivity index (χ1) is 16.1. The zero-order valence-electron chi connectivity index (χ0n) is 17.9. The molecule has 0 unspecified atom stereocenters. The Morgan fingerprint density at radius 1 is 0.882 bits per heavy atom. The van der Waals surface area contributed by atoms with Gasteiger partial charge in [0.1, 0.15) is 5.84 Å². The number of hydrogen-bond acceptors (Lipinski definition) is 5. The van der Waals surface area contributed by atoms with Gasteiger partial charge in [0.05, 0.1) is 4.90 Å². The van der Waals surface area contributed by atoms with Crippen molar-refractivity contribution in [2.45, 2.75) is 4.90 Å². The summed E-state index contributed by atoms with van der Waals surface area (Å²) in [6.07, 6.45) is -1.34. The topological polar surface area (TPSA) is 131 Å². The summed E-state index contributed by atoms with van der Waals surface area (Å²) in [6, 6.07) is 16.2. The molecule has 4 rings (SSSR count). The van der Waals surface area contributed by atoms with E-state index in [1.54, 1.807) is 41.3 Å². The zero-order valence-corrected chi connectivity index (χ0v) is 19.4. The van der Waals surface area contributed by atoms with Crippen molar-refractivity contribution in [2.75, 3.05) is 26.2 Å². The molecule has 3 aromatic carbocycles. The second kappa shape index (κ2) is 9.41. The summed E-state index contributed by atoms with van der Waals surface area (Å²) < 4.78 is 27.7. The molecule has 1 saturated heterocycles. The van der Waals surface area contributed by atoms with Gasteiger partial charge in [0.25, 0.3) is 5.91 Å². The molecular weight excluding hydrogens is 480 g/mol. The standard InChI is InChI=1S/C23H21ClN4O5S/c24-19-7-5-18-14-20(8-6-17(18)13-19)34(32,33)28-11-9-27(10-12-28)22(29)16-3-1-15(2-4-16)21(25)26-23(30)31/h1-8,13-14H,9-12H2,(H2,25,26)(H,30,31). The van der Waals surface area contributed by atoms with Gasteiger partial charge >= 0.3 is 6.09 Å². The number of carbonyl (C=O) groups is 2. The number of fused-ring (bicyclic) bond motifs is 1. The Morgan fingerprint density at radius 2 is 1.47 bits per heavy atom. The SMILES string of the molecule is N=C(NC(=O)O)c1ccc(C(=O)N2CCN(S(=O)(=O)c3ccc4cc(Cl)ccc4c3)CC2)cc1. The minimum Gasteiger partial charge on any atom is -0.465 e. The predicted octanol–water partition coefficient (Wildman–Crippen LogP) is 3.23. The maximum atomic E-state index is 13.2. The number of carboxylic acid groups (broad SMARTS) is 1. The van der Waals surface area contributed by atoms with Gasteiger partial charge < -0.3 is 10.0 Å². The predicted molar refractivity (Wildman–Crippen MR) is 128 cm³/mol. The van der Waals surface area contributed by atoms with Crippen LogP contribution in [0.25, 0.3) is 10.8 Å². The van der Waals surface area contributed by atoms with Gasteiger partial charge in [-0.05, 0) is 47.2 Å². The molecule has 0 aliphatic carbocycles. The van der Waals surface area contributed by atoms with Crippen LogP contribution in [-0.4, -0.2) is 66.7 Å². The first-order valence-electron chi connectivity index (χ1n) is 10.3. The third-order valence-corrected chi connectivity index (χ3v) is 7.72. The van der Waals surface area contributed by atoms with Crippen molar-refractivity contribution in [2.24, 2.45) is 0 Å². The highest BCUT2D eigenvalue weighted by molar-refractivity contribution is 7.89. The molecule has 0 atom stereocenters. The number of amides is 2. The van der Waals surface area contributed by atoms with Crippen molar-refractivity contribution in [1.82, 2.24) is 14.5 Å². The molecule has 2 amide bonds. The van der Waals surface area contributed by atoms with E-state index in [0.717, 1.165) is 10.8 Å². The molecule has 0 spiro atoms. The Labute approximate surface area is 201 Å². The summed E-state index contributed by atoms with van der Waals surface area (Å²) in [4.78, 5) is 25.3. The van der Waals surface area contributed by atoms with Crippen molar-refractivity contribution in [3.63, 3.8) is 0 Å². The molecule has 0 radical (unpaired) electrons. The van der Waals surface area contributed by atoms with Gasteiger partial charge in [-0.15, -0.1) is 0 Å². The fraction of sp³-hybridized carbons (Fsp3) is 0.174. The molecule has 0 bridgehead atoms. The van der Waals surface area contributed by atoms with Gasteiger partial charge in [-0.1, -0.05) is 35.9 Å². The summed E-state index contributed by atoms with van der Waals surface area (Å²) in [5, 5.41) is 20.5. The van der Waals surface area contributed by atoms with Crippen LogP contribution in [0.15, 0.2) is 65.6 Å². The number of benzene rings is 3. The molecule has 0 aromatic heterocycles. The fourth-order valence-electron chi connectivity index (χ4n) is 3.78. The average Bonchev–Trinajstić information content (AvgIpc) is 2.83. The van der Waals surface area contributed by atoms with Crippen LogP contribution >= 0.6 is 11.6 Å². The largest absolute Gasteiger partial charge is 0.465 e. The van der Waals surface area contributed by atoms with Crippen molar-refractivity contribution < 1.29 is 23.1 Å². The van der Waals surface area contributed by atoms with E-state index in [1.807, 2.05) is 5.32 Å². The average molecular weight is 501 g/mol. The summed E-state index contributed by atoms with van der Waals surface area (Å²) in [5.74, 6) is -0.550. The molecule has 1 fully saturated rings. The molecule has 9 nitrogen and oxygen atoms in total. The summed E-state index contributed by atoms with van der Waals surface area (Å²) in [5.41, 5.74) is 0.698. The number of piperazine rings is 1. The Bertz CT molecular complexity index is 1380. The van der Waals surface area contributed by atoms with Gasteiger partial charge in [-0.3, -0.25) is 15.5 Å². The quantitative estimate of drug-likeness (QED) is 0.374. The van der Waals surface area contributed by atoms with E-state index in [1.165, 1.54) is 28.6 Å². The van der Waals surface area contributed by atoms with Gasteiger partial charge in [-0.25, -0.2) is 13.2 Å². The number of halogens is 1. The lowest BCUT2D eigenvalue weighted by Gasteiger charge is -2.34. The van der Waals surface area contributed by atoms with E-state index in [4.69, 9.17) is 22.1 Å². The van der Waals surface area contributed by atoms with Gasteiger partial charge in [0.15, 0.2) is 0 Å². The van der Waals surface area contributed by atoms with E-state index in [0.29, 0.717) is 16.1 Å². The zero-order chi connectivity index (χ0) is 24.5. The van der Waals surface area contributed by atoms with Crippen molar-refractivity contribution in [3.8, 4) is 0 Å². The van der Waals surface area contributed by atoms with E-state index >= 15 is 0 Å². The summed E-state index contributed by atoms with van der Waals surface area (Å²) in [7, 11) is -3.72. The summed E-state index contributed by atoms with van der Waals surface area (Å²) in [6.45, 7) is 0.800. The van der Waals surface area contributed by atoms with Crippen LogP contribution < -0.4 is 5.32 Å². The molecule has 0 saturated carbocycles. The number of rotatable bonds is 4. The number of nitrogens with one attached hydrogen (secondary N) is 2. The van der Waals surface area contributed by atoms with E-state index in [-0.39, 0.29) is 42.8 Å². The number of nitrogens with zero attached hydrogens (tertiary/aromatic N) is 2. The van der Waals surface area contributed by atoms with E-state index < -0.39 is 16.1 Å². The highest BCUT2D eigenvalue weighted by Gasteiger charge is 2.30. The van der Waals surface area contributed by atoms with Crippen molar-refractivity contribution in [3.05, 3.63) is 76.8 Å². The van der Waals surface area contributed by atoms with Gasteiger partial charge in [0.2, 0.25) is 10.0 Å². The first-order valence-corrected chi connectivity index (χ1v) is 12.1. The molecule has 11 heteroatoms. The highest BCUT2D eigenvalue weighted by atomic mass is 35.5. The van der Waals surface area contributed by atoms with E-state index in [2.05, 4.69) is 0 Å². The molecule has 176 valence electrons. The smallest absolute Gasteiger partial charge is 0.410 e. The van der Waals surface area contributed by atoms with Crippen molar-refractivity contribution >= 4 is 50.2 Å². The lowest BCUT2D eigenvalue weighted by molar-refractivity contribution is 0.0698. The minimum absolute atomic E-state index is 0.165. The second-order valence-electron chi connectivity index (χ2n) is 7.73. The lowest BCUT2D eigenvalue weighted by atomic mass is 10.1. The Morgan fingerprint density at radius 3 is 2.12 bits per heavy atom. The van der Waals surface area contributed by atoms with Gasteiger partial charge in [-0.2, -0.15) is 4.31 Å². The monoisotopic (exact) mass is 500 g/mol. The maximum Gasteiger partial charge on any atom is 0.410 e. The Kier molecular flexibility index (Phi) is 6.56. The third kappa shape index (κ3) is 4.89. The number of hydrogen-bond donors (Lipinski definition) is 3. The van der Waals surface area contributed by atoms with Crippen molar-refractivity contribution in [1.29, 1.82) is 5.41 Å². The van der Waals surface area contributed by atoms with Crippen LogP contribution in [0.3, 0.4) is 0 Å². The van der Waals surface area contributed by atoms with Crippen LogP contribution in [0.4, 0.5) is 4.79 Å². The molecule has 3 aromatic rings. The number of amidine groups is 1. The minimum atomic E-state index is -3.72. The Hall–Kier alpha value is -3.47. The summed E-state index contributed by atoms with van der Waals surface area (Å²) >= 11 is 6.00. The fourth-order valence-corrected chi connectivity index (χ4v) is 5.42. The van der Waals surface area contributed by atoms with Crippen LogP contribution in [0.5, 0.6) is 0 Å². The number of carbonyl (C=O) groups excluding carboxylic acids is 1. The lowest BCUT2D eigenvalue weighted by Crippen LogP contribution is -2.50. The molecule has 1 heterocycles. The van der Waals surface area contributed by atoms with Crippen LogP contribution in [0.2, 0.25) is 5.02 Å². The van der Waals surface area contributed by atoms with E-state index in [9.17, 15) is 18.0 Å². The van der Waals surface area contributed by atoms with Crippen LogP contribution in [0.1, 0.15) is 15.9 Å². The first kappa shape index (κ1) is 23.7. The van der Waals surface area contributed by atoms with Crippen LogP contribution in [-0.2, 0) is 10.0 Å². The molecular formula is C23H21ClN4O5S. The molecule has 1 aliphatic rings. The molecule has 1 aliphatic heterocycles. The van der Waals surface area contributed by atoms with Crippen LogP contribution in [0, 0.1) is 5.41 Å².